The summed E-state index contributed by atoms with van der Waals surface area (Å²) in [7, 11) is 1.30. The zero-order valence-corrected chi connectivity index (χ0v) is 12.4. The number of hydrogen-bond donors (Lipinski definition) is 1. The number of carbonyl (C=O) groups is 2. The summed E-state index contributed by atoms with van der Waals surface area (Å²) < 4.78 is 4.59. The highest BCUT2D eigenvalue weighted by Gasteiger charge is 2.10. The summed E-state index contributed by atoms with van der Waals surface area (Å²) >= 11 is 11.5. The van der Waals surface area contributed by atoms with Gasteiger partial charge in [-0.2, -0.15) is 0 Å². The van der Waals surface area contributed by atoms with Crippen molar-refractivity contribution >= 4 is 40.8 Å². The van der Waals surface area contributed by atoms with Gasteiger partial charge in [0.2, 0.25) is 0 Å². The smallest absolute Gasteiger partial charge is 0.337 e. The molecule has 5 nitrogen and oxygen atoms in total. The van der Waals surface area contributed by atoms with Gasteiger partial charge in [-0.1, -0.05) is 23.2 Å². The molecule has 1 aromatic heterocycles. The second-order valence-electron chi connectivity index (χ2n) is 4.02. The first-order valence-corrected chi connectivity index (χ1v) is 6.57. The van der Waals surface area contributed by atoms with E-state index in [2.05, 4.69) is 15.0 Å². The number of halogens is 2. The fourth-order valence-electron chi connectivity index (χ4n) is 1.56. The quantitative estimate of drug-likeness (QED) is 0.693. The van der Waals surface area contributed by atoms with Crippen molar-refractivity contribution in [2.24, 2.45) is 0 Å². The molecule has 1 amide bonds. The van der Waals surface area contributed by atoms with Gasteiger partial charge < -0.3 is 10.1 Å². The minimum atomic E-state index is -0.443. The lowest BCUT2D eigenvalue weighted by atomic mass is 10.2. The monoisotopic (exact) mass is 324 g/mol. The van der Waals surface area contributed by atoms with Crippen molar-refractivity contribution in [2.75, 3.05) is 12.4 Å². The van der Waals surface area contributed by atoms with E-state index < -0.39 is 5.97 Å². The summed E-state index contributed by atoms with van der Waals surface area (Å²) in [6.07, 6.45) is 1.33. The molecule has 0 saturated carbocycles. The van der Waals surface area contributed by atoms with E-state index in [-0.39, 0.29) is 21.6 Å². The highest BCUT2D eigenvalue weighted by molar-refractivity contribution is 6.41. The van der Waals surface area contributed by atoms with E-state index >= 15 is 0 Å². The molecule has 108 valence electrons. The largest absolute Gasteiger partial charge is 0.465 e. The van der Waals surface area contributed by atoms with Crippen molar-refractivity contribution in [3.8, 4) is 0 Å². The molecule has 0 aliphatic heterocycles. The van der Waals surface area contributed by atoms with E-state index in [4.69, 9.17) is 23.2 Å². The van der Waals surface area contributed by atoms with Crippen LogP contribution in [0.4, 0.5) is 5.69 Å². The number of aromatic nitrogens is 1. The lowest BCUT2D eigenvalue weighted by Crippen LogP contribution is -2.12. The fourth-order valence-corrected chi connectivity index (χ4v) is 1.83. The average Bonchev–Trinajstić information content (AvgIpc) is 2.50. The Kier molecular flexibility index (Phi) is 4.77. The molecule has 0 saturated heterocycles. The Balaban J connectivity index is 2.12. The van der Waals surface area contributed by atoms with Crippen LogP contribution in [-0.2, 0) is 4.74 Å². The number of esters is 1. The molecule has 0 aliphatic rings. The van der Waals surface area contributed by atoms with E-state index in [1.807, 2.05) is 0 Å². The molecule has 0 fully saturated rings. The number of benzene rings is 1. The van der Waals surface area contributed by atoms with Crippen molar-refractivity contribution in [1.29, 1.82) is 0 Å². The number of rotatable bonds is 3. The number of methoxy groups -OCH3 is 1. The number of pyridine rings is 1. The number of nitrogens with one attached hydrogen (secondary N) is 1. The van der Waals surface area contributed by atoms with Gasteiger partial charge in [-0.3, -0.25) is 4.79 Å². The average molecular weight is 325 g/mol. The molecule has 1 N–H and O–H groups in total. The minimum Gasteiger partial charge on any atom is -0.465 e. The fraction of sp³-hybridized carbons (Fsp3) is 0.0714. The Morgan fingerprint density at radius 2 is 1.81 bits per heavy atom. The zero-order chi connectivity index (χ0) is 15.4. The van der Waals surface area contributed by atoms with Gasteiger partial charge in [0.05, 0.1) is 23.3 Å². The molecule has 0 spiro atoms. The predicted octanol–water partition coefficient (Wildman–Crippen LogP) is 3.43. The third-order valence-electron chi connectivity index (χ3n) is 2.62. The molecule has 0 aliphatic carbocycles. The highest BCUT2D eigenvalue weighted by atomic mass is 35.5. The van der Waals surface area contributed by atoms with E-state index in [1.54, 1.807) is 24.3 Å². The van der Waals surface area contributed by atoms with Crippen LogP contribution in [0.1, 0.15) is 20.7 Å². The van der Waals surface area contributed by atoms with Gasteiger partial charge in [-0.15, -0.1) is 0 Å². The first-order valence-electron chi connectivity index (χ1n) is 5.82. The molecule has 2 aromatic rings. The second-order valence-corrected chi connectivity index (χ2v) is 4.78. The molecule has 1 aromatic carbocycles. The summed E-state index contributed by atoms with van der Waals surface area (Å²) in [4.78, 5) is 27.1. The predicted molar refractivity (Wildman–Crippen MR) is 80.0 cm³/mol. The Hall–Kier alpha value is -2.11. The van der Waals surface area contributed by atoms with Gasteiger partial charge in [0, 0.05) is 11.9 Å². The molecule has 1 heterocycles. The normalized spacial score (nSPS) is 10.0. The molecule has 2 rings (SSSR count). The van der Waals surface area contributed by atoms with Gasteiger partial charge in [0.1, 0.15) is 5.15 Å². The molecule has 0 atom stereocenters. The zero-order valence-electron chi connectivity index (χ0n) is 10.9. The maximum absolute atomic E-state index is 12.0. The van der Waals surface area contributed by atoms with Crippen LogP contribution in [0.25, 0.3) is 0 Å². The number of hydrogen-bond acceptors (Lipinski definition) is 4. The van der Waals surface area contributed by atoms with Crippen LogP contribution < -0.4 is 5.32 Å². The lowest BCUT2D eigenvalue weighted by molar-refractivity contribution is 0.0600. The topological polar surface area (TPSA) is 68.3 Å². The van der Waals surface area contributed by atoms with Crippen molar-refractivity contribution in [3.63, 3.8) is 0 Å². The standard InChI is InChI=1S/C14H10Cl2N2O3/c1-21-14(20)8-2-4-10(5-3-8)18-13(19)9-6-11(15)12(16)17-7-9/h2-7H,1H3,(H,18,19). The van der Waals surface area contributed by atoms with Gasteiger partial charge in [0.15, 0.2) is 0 Å². The van der Waals surface area contributed by atoms with Crippen LogP contribution in [0.3, 0.4) is 0 Å². The number of amides is 1. The van der Waals surface area contributed by atoms with E-state index in [9.17, 15) is 9.59 Å². The third-order valence-corrected chi connectivity index (χ3v) is 3.31. The molecule has 0 unspecified atom stereocenters. The lowest BCUT2D eigenvalue weighted by Gasteiger charge is -2.06. The van der Waals surface area contributed by atoms with Gasteiger partial charge in [-0.05, 0) is 30.3 Å². The summed E-state index contributed by atoms with van der Waals surface area (Å²) in [5, 5.41) is 2.99. The van der Waals surface area contributed by atoms with Crippen LogP contribution in [0.5, 0.6) is 0 Å². The van der Waals surface area contributed by atoms with E-state index in [1.165, 1.54) is 19.4 Å². The van der Waals surface area contributed by atoms with Crippen molar-refractivity contribution in [2.45, 2.75) is 0 Å². The van der Waals surface area contributed by atoms with Crippen LogP contribution in [-0.4, -0.2) is 24.0 Å². The van der Waals surface area contributed by atoms with E-state index in [0.717, 1.165) is 0 Å². The highest BCUT2D eigenvalue weighted by Crippen LogP contribution is 2.20. The van der Waals surface area contributed by atoms with Crippen molar-refractivity contribution in [3.05, 3.63) is 57.8 Å². The summed E-state index contributed by atoms with van der Waals surface area (Å²) in [5.74, 6) is -0.826. The summed E-state index contributed by atoms with van der Waals surface area (Å²) in [6.45, 7) is 0. The Morgan fingerprint density at radius 3 is 2.38 bits per heavy atom. The Bertz CT molecular complexity index is 687. The molecular weight excluding hydrogens is 315 g/mol. The number of ether oxygens (including phenoxy) is 1. The maximum Gasteiger partial charge on any atom is 0.337 e. The van der Waals surface area contributed by atoms with Crippen molar-refractivity contribution in [1.82, 2.24) is 4.98 Å². The molecule has 21 heavy (non-hydrogen) atoms. The SMILES string of the molecule is COC(=O)c1ccc(NC(=O)c2cnc(Cl)c(Cl)c2)cc1. The van der Waals surface area contributed by atoms with Crippen LogP contribution in [0, 0.1) is 0 Å². The Labute approximate surface area is 130 Å². The first kappa shape index (κ1) is 15.3. The minimum absolute atomic E-state index is 0.135. The molecule has 7 heteroatoms. The molecule has 0 radical (unpaired) electrons. The first-order chi connectivity index (χ1) is 10.0. The van der Waals surface area contributed by atoms with Crippen LogP contribution >= 0.6 is 23.2 Å². The van der Waals surface area contributed by atoms with Gasteiger partial charge >= 0.3 is 5.97 Å². The number of nitrogens with zero attached hydrogens (tertiary/aromatic N) is 1. The molecular formula is C14H10Cl2N2O3. The van der Waals surface area contributed by atoms with Gasteiger partial charge in [0.25, 0.3) is 5.91 Å². The number of anilines is 1. The van der Waals surface area contributed by atoms with E-state index in [0.29, 0.717) is 11.3 Å². The van der Waals surface area contributed by atoms with Gasteiger partial charge in [-0.25, -0.2) is 9.78 Å². The Morgan fingerprint density at radius 1 is 1.14 bits per heavy atom. The number of carbonyl (C=O) groups excluding carboxylic acids is 2. The second kappa shape index (κ2) is 6.56. The van der Waals surface area contributed by atoms with Crippen molar-refractivity contribution < 1.29 is 14.3 Å². The maximum atomic E-state index is 12.0. The third kappa shape index (κ3) is 3.71. The molecule has 0 bridgehead atoms. The summed E-state index contributed by atoms with van der Waals surface area (Å²) in [6, 6.07) is 7.71. The van der Waals surface area contributed by atoms with Crippen LogP contribution in [0.15, 0.2) is 36.5 Å². The summed E-state index contributed by atoms with van der Waals surface area (Å²) in [5.41, 5.74) is 1.20. The van der Waals surface area contributed by atoms with Crippen LogP contribution in [0.2, 0.25) is 10.2 Å².